The first-order valence-corrected chi connectivity index (χ1v) is 12.8. The number of ether oxygens (including phenoxy) is 1. The maximum atomic E-state index is 11.9. The first-order valence-electron chi connectivity index (χ1n) is 8.25. The third-order valence-electron chi connectivity index (χ3n) is 4.05. The minimum atomic E-state index is -5.72. The molecule has 31 heavy (non-hydrogen) atoms. The van der Waals surface area contributed by atoms with Gasteiger partial charge >= 0.3 is 23.5 Å². The highest BCUT2D eigenvalue weighted by atomic mass is 31.3. The summed E-state index contributed by atoms with van der Waals surface area (Å²) in [6.45, 7) is 0.328. The standard InChI is InChI=1S/C11H21N2O15P3/c1-5(14)8-6(4-25-30(21,22)28-31(23,24)27-29(18,19)20)26-10(9(8)16)13-3-2-7(15)12-11(13)17/h2-3,5-6,8-11,14,16-17H,4H2,1H3,(H,12,15)(H,21,22)(H,23,24)(H2,18,19,20)/t5?,6-,8-,9-,10-,11?/m1/s1. The highest BCUT2D eigenvalue weighted by Gasteiger charge is 2.50. The molecule has 180 valence electrons. The molecule has 1 amide bonds. The van der Waals surface area contributed by atoms with E-state index in [0.29, 0.717) is 0 Å². The second kappa shape index (κ2) is 9.63. The van der Waals surface area contributed by atoms with Crippen molar-refractivity contribution < 1.29 is 71.3 Å². The van der Waals surface area contributed by atoms with Gasteiger partial charge in [-0.2, -0.15) is 8.62 Å². The summed E-state index contributed by atoms with van der Waals surface area (Å²) in [6, 6.07) is 0. The van der Waals surface area contributed by atoms with Gasteiger partial charge in [0.05, 0.1) is 18.8 Å². The largest absolute Gasteiger partial charge is 0.490 e. The van der Waals surface area contributed by atoms with Gasteiger partial charge in [-0.3, -0.25) is 9.32 Å². The first kappa shape index (κ1) is 26.5. The monoisotopic (exact) mass is 514 g/mol. The summed E-state index contributed by atoms with van der Waals surface area (Å²) in [5.41, 5.74) is 0. The molecule has 1 fully saturated rings. The predicted molar refractivity (Wildman–Crippen MR) is 94.8 cm³/mol. The minimum Gasteiger partial charge on any atom is -0.393 e. The lowest BCUT2D eigenvalue weighted by atomic mass is 9.93. The highest BCUT2D eigenvalue weighted by molar-refractivity contribution is 7.66. The van der Waals surface area contributed by atoms with Crippen LogP contribution in [0.25, 0.3) is 0 Å². The van der Waals surface area contributed by atoms with E-state index in [-0.39, 0.29) is 0 Å². The molecular formula is C11H21N2O15P3. The predicted octanol–water partition coefficient (Wildman–Crippen LogP) is -2.37. The molecule has 0 aromatic carbocycles. The Hall–Kier alpha value is -0.740. The Morgan fingerprint density at radius 3 is 2.29 bits per heavy atom. The van der Waals surface area contributed by atoms with Crippen LogP contribution >= 0.6 is 23.5 Å². The summed E-state index contributed by atoms with van der Waals surface area (Å²) in [5.74, 6) is -1.80. The summed E-state index contributed by atoms with van der Waals surface area (Å²) >= 11 is 0. The van der Waals surface area contributed by atoms with Crippen molar-refractivity contribution in [2.45, 2.75) is 37.8 Å². The van der Waals surface area contributed by atoms with Gasteiger partial charge in [0.1, 0.15) is 6.10 Å². The fourth-order valence-corrected chi connectivity index (χ4v) is 5.96. The molecule has 0 radical (unpaired) electrons. The number of aliphatic hydroxyl groups excluding tert-OH is 3. The van der Waals surface area contributed by atoms with E-state index >= 15 is 0 Å². The van der Waals surface area contributed by atoms with Gasteiger partial charge in [0.25, 0.3) is 0 Å². The normalized spacial score (nSPS) is 34.1. The molecule has 0 aliphatic carbocycles. The number of aliphatic hydroxyl groups is 3. The molecule has 2 rings (SSSR count). The van der Waals surface area contributed by atoms with Gasteiger partial charge in [0.15, 0.2) is 6.23 Å². The second-order valence-corrected chi connectivity index (χ2v) is 10.8. The van der Waals surface area contributed by atoms with Crippen molar-refractivity contribution in [1.29, 1.82) is 0 Å². The van der Waals surface area contributed by atoms with Gasteiger partial charge in [-0.1, -0.05) is 0 Å². The molecule has 0 aromatic rings. The molecule has 2 aliphatic heterocycles. The van der Waals surface area contributed by atoms with Gasteiger partial charge < -0.3 is 49.8 Å². The van der Waals surface area contributed by atoms with Crippen LogP contribution in [0.4, 0.5) is 0 Å². The molecule has 20 heteroatoms. The van der Waals surface area contributed by atoms with Crippen molar-refractivity contribution in [3.8, 4) is 0 Å². The van der Waals surface area contributed by atoms with Crippen LogP contribution in [0.2, 0.25) is 0 Å². The number of nitrogens with zero attached hydrogens (tertiary/aromatic N) is 1. The van der Waals surface area contributed by atoms with E-state index < -0.39 is 72.8 Å². The topological polar surface area (TPSA) is 262 Å². The molecule has 0 spiro atoms. The molecule has 1 saturated heterocycles. The number of amides is 1. The molecule has 2 heterocycles. The van der Waals surface area contributed by atoms with Crippen molar-refractivity contribution in [2.24, 2.45) is 5.92 Å². The molecular weight excluding hydrogens is 493 g/mol. The molecule has 8 N–H and O–H groups in total. The Kier molecular flexibility index (Phi) is 8.24. The van der Waals surface area contributed by atoms with Crippen LogP contribution in [-0.2, 0) is 36.4 Å². The summed E-state index contributed by atoms with van der Waals surface area (Å²) in [5, 5.41) is 32.5. The van der Waals surface area contributed by atoms with Crippen molar-refractivity contribution in [2.75, 3.05) is 6.61 Å². The smallest absolute Gasteiger partial charge is 0.393 e. The summed E-state index contributed by atoms with van der Waals surface area (Å²) in [7, 11) is -16.7. The van der Waals surface area contributed by atoms with Crippen LogP contribution in [0, 0.1) is 5.92 Å². The van der Waals surface area contributed by atoms with E-state index in [9.17, 15) is 38.7 Å². The lowest BCUT2D eigenvalue weighted by Gasteiger charge is -2.35. The van der Waals surface area contributed by atoms with Gasteiger partial charge in [0, 0.05) is 18.2 Å². The zero-order valence-electron chi connectivity index (χ0n) is 15.5. The van der Waals surface area contributed by atoms with Gasteiger partial charge in [-0.15, -0.1) is 0 Å². The molecule has 17 nitrogen and oxygen atoms in total. The molecule has 0 aromatic heterocycles. The Morgan fingerprint density at radius 2 is 1.77 bits per heavy atom. The van der Waals surface area contributed by atoms with Crippen LogP contribution < -0.4 is 5.32 Å². The third-order valence-corrected chi connectivity index (χ3v) is 7.85. The lowest BCUT2D eigenvalue weighted by Crippen LogP contribution is -2.55. The zero-order valence-corrected chi connectivity index (χ0v) is 18.2. The number of phosphoric acid groups is 3. The average molecular weight is 514 g/mol. The third kappa shape index (κ3) is 7.39. The SMILES string of the molecule is CC(O)[C@H]1[C@@H](O)[C@H](N2C=CC(=O)NC2O)O[C@@H]1COP(=O)(O)OP(=O)(O)OP(=O)(O)O. The Bertz CT molecular complexity index is 844. The van der Waals surface area contributed by atoms with Crippen LogP contribution in [-0.4, -0.2) is 83.2 Å². The summed E-state index contributed by atoms with van der Waals surface area (Å²) < 4.78 is 50.9. The molecule has 4 unspecified atom stereocenters. The lowest BCUT2D eigenvalue weighted by molar-refractivity contribution is -0.152. The van der Waals surface area contributed by atoms with Gasteiger partial charge in [-0.25, -0.2) is 13.7 Å². The minimum absolute atomic E-state index is 0.632. The number of phosphoric ester groups is 1. The van der Waals surface area contributed by atoms with Crippen LogP contribution in [0.1, 0.15) is 6.92 Å². The van der Waals surface area contributed by atoms with E-state index in [1.54, 1.807) is 0 Å². The Morgan fingerprint density at radius 1 is 1.16 bits per heavy atom. The summed E-state index contributed by atoms with van der Waals surface area (Å²) in [6.07, 6.45) is -4.99. The Labute approximate surface area is 174 Å². The quantitative estimate of drug-likeness (QED) is 0.150. The van der Waals surface area contributed by atoms with E-state index in [1.807, 2.05) is 0 Å². The van der Waals surface area contributed by atoms with Gasteiger partial charge in [-0.05, 0) is 6.92 Å². The van der Waals surface area contributed by atoms with Crippen LogP contribution in [0.5, 0.6) is 0 Å². The number of rotatable bonds is 9. The van der Waals surface area contributed by atoms with Crippen LogP contribution in [0.3, 0.4) is 0 Å². The average Bonchev–Trinajstić information content (AvgIpc) is 2.86. The highest BCUT2D eigenvalue weighted by Crippen LogP contribution is 2.66. The van der Waals surface area contributed by atoms with Crippen molar-refractivity contribution in [3.63, 3.8) is 0 Å². The van der Waals surface area contributed by atoms with E-state index in [2.05, 4.69) is 18.5 Å². The number of carbonyl (C=O) groups is 1. The molecule has 2 aliphatic rings. The number of hydrogen-bond acceptors (Lipinski definition) is 12. The Balaban J connectivity index is 2.10. The zero-order chi connectivity index (χ0) is 23.8. The molecule has 0 saturated carbocycles. The second-order valence-electron chi connectivity index (χ2n) is 6.41. The number of carbonyl (C=O) groups excluding carboxylic acids is 1. The fourth-order valence-electron chi connectivity index (χ4n) is 2.93. The van der Waals surface area contributed by atoms with Crippen LogP contribution in [0.15, 0.2) is 12.3 Å². The molecule has 8 atom stereocenters. The van der Waals surface area contributed by atoms with Crippen molar-refractivity contribution in [3.05, 3.63) is 12.3 Å². The number of nitrogens with one attached hydrogen (secondary N) is 1. The maximum absolute atomic E-state index is 11.9. The molecule has 0 bridgehead atoms. The van der Waals surface area contributed by atoms with E-state index in [1.165, 1.54) is 6.92 Å². The fraction of sp³-hybridized carbons (Fsp3) is 0.727. The summed E-state index contributed by atoms with van der Waals surface area (Å²) in [4.78, 5) is 47.9. The number of hydrogen-bond donors (Lipinski definition) is 8. The van der Waals surface area contributed by atoms with Crippen molar-refractivity contribution >= 4 is 29.4 Å². The van der Waals surface area contributed by atoms with Crippen molar-refractivity contribution in [1.82, 2.24) is 10.2 Å². The van der Waals surface area contributed by atoms with E-state index in [0.717, 1.165) is 17.2 Å². The van der Waals surface area contributed by atoms with Gasteiger partial charge in [0.2, 0.25) is 12.3 Å². The van der Waals surface area contributed by atoms with E-state index in [4.69, 9.17) is 19.4 Å². The maximum Gasteiger partial charge on any atom is 0.490 e. The first-order chi connectivity index (χ1) is 14.0.